The Balaban J connectivity index is 1.77. The predicted molar refractivity (Wildman–Crippen MR) is 120 cm³/mol. The van der Waals surface area contributed by atoms with E-state index in [1.165, 1.54) is 6.07 Å². The van der Waals surface area contributed by atoms with Crippen LogP contribution in [0.5, 0.6) is 0 Å². The summed E-state index contributed by atoms with van der Waals surface area (Å²) in [6.45, 7) is 5.77. The number of amides is 2. The molecule has 4 rings (SSSR count). The summed E-state index contributed by atoms with van der Waals surface area (Å²) >= 11 is 0. The number of halogens is 1. The van der Waals surface area contributed by atoms with Crippen molar-refractivity contribution in [2.75, 3.05) is 5.32 Å². The van der Waals surface area contributed by atoms with Crippen molar-refractivity contribution in [1.29, 1.82) is 0 Å². The zero-order chi connectivity index (χ0) is 22.1. The van der Waals surface area contributed by atoms with Crippen molar-refractivity contribution in [3.8, 4) is 0 Å². The number of carbonyl (C=O) groups excluding carboxylic acids is 2. The Morgan fingerprint density at radius 3 is 2.10 bits per heavy atom. The number of carbonyl (C=O) groups is 2. The number of aryl methyl sites for hydroxylation is 3. The molecular weight excluding hydrogens is 391 g/mol. The molecule has 3 aromatic rings. The van der Waals surface area contributed by atoms with Gasteiger partial charge >= 0.3 is 0 Å². The van der Waals surface area contributed by atoms with Gasteiger partial charge in [0, 0.05) is 11.3 Å². The minimum absolute atomic E-state index is 0.127. The van der Waals surface area contributed by atoms with E-state index in [1.54, 1.807) is 18.2 Å². The van der Waals surface area contributed by atoms with Crippen molar-refractivity contribution in [3.05, 3.63) is 106 Å². The lowest BCUT2D eigenvalue weighted by molar-refractivity contribution is -0.137. The lowest BCUT2D eigenvalue weighted by Crippen LogP contribution is -2.32. The number of nitrogens with one attached hydrogen (secondary N) is 1. The highest BCUT2D eigenvalue weighted by Gasteiger charge is 2.39. The van der Waals surface area contributed by atoms with Crippen molar-refractivity contribution in [2.24, 2.45) is 0 Å². The number of anilines is 1. The first kappa shape index (κ1) is 20.5. The molecule has 0 saturated carbocycles. The zero-order valence-electron chi connectivity index (χ0n) is 17.7. The number of nitrogens with zero attached hydrogens (tertiary/aromatic N) is 1. The number of hydrogen-bond donors (Lipinski definition) is 1. The standard InChI is InChI=1S/C26H23FN2O2/c1-16-8-10-19(11-9-16)23-24(28-21-13-17(2)12-18(3)14-21)26(31)29(25(23)30)15-20-6-4-5-7-22(20)27/h4-14,28H,15H2,1-3H3. The molecule has 0 aliphatic carbocycles. The number of benzene rings is 3. The van der Waals surface area contributed by atoms with Gasteiger partial charge in [-0.1, -0.05) is 54.1 Å². The van der Waals surface area contributed by atoms with Gasteiger partial charge in [0.1, 0.15) is 11.5 Å². The summed E-state index contributed by atoms with van der Waals surface area (Å²) in [7, 11) is 0. The van der Waals surface area contributed by atoms with Gasteiger partial charge < -0.3 is 5.32 Å². The number of hydrogen-bond acceptors (Lipinski definition) is 3. The van der Waals surface area contributed by atoms with Crippen molar-refractivity contribution in [2.45, 2.75) is 27.3 Å². The van der Waals surface area contributed by atoms with Crippen LogP contribution in [0.3, 0.4) is 0 Å². The van der Waals surface area contributed by atoms with Gasteiger partial charge in [0.15, 0.2) is 0 Å². The van der Waals surface area contributed by atoms with E-state index in [2.05, 4.69) is 5.32 Å². The first-order valence-electron chi connectivity index (χ1n) is 10.1. The largest absolute Gasteiger partial charge is 0.350 e. The summed E-state index contributed by atoms with van der Waals surface area (Å²) in [6, 6.07) is 19.5. The van der Waals surface area contributed by atoms with Crippen molar-refractivity contribution >= 4 is 23.1 Å². The van der Waals surface area contributed by atoms with E-state index in [-0.39, 0.29) is 12.2 Å². The average molecular weight is 414 g/mol. The molecule has 2 amide bonds. The molecule has 0 saturated heterocycles. The van der Waals surface area contributed by atoms with Crippen LogP contribution >= 0.6 is 0 Å². The molecule has 0 atom stereocenters. The van der Waals surface area contributed by atoms with Gasteiger partial charge in [-0.3, -0.25) is 14.5 Å². The second kappa shape index (κ2) is 8.19. The Labute approximate surface area is 181 Å². The van der Waals surface area contributed by atoms with Gasteiger partial charge in [-0.05, 0) is 55.7 Å². The lowest BCUT2D eigenvalue weighted by Gasteiger charge is -2.16. The summed E-state index contributed by atoms with van der Waals surface area (Å²) < 4.78 is 14.2. The molecular formula is C26H23FN2O2. The maximum Gasteiger partial charge on any atom is 0.278 e. The molecule has 4 nitrogen and oxygen atoms in total. The monoisotopic (exact) mass is 414 g/mol. The molecule has 1 N–H and O–H groups in total. The Hall–Kier alpha value is -3.73. The Morgan fingerprint density at radius 1 is 0.806 bits per heavy atom. The van der Waals surface area contributed by atoms with Crippen LogP contribution in [-0.4, -0.2) is 16.7 Å². The van der Waals surface area contributed by atoms with Crippen LogP contribution in [0.25, 0.3) is 5.57 Å². The first-order chi connectivity index (χ1) is 14.8. The number of imide groups is 1. The van der Waals surface area contributed by atoms with Crippen LogP contribution in [0.2, 0.25) is 0 Å². The summed E-state index contributed by atoms with van der Waals surface area (Å²) in [5, 5.41) is 3.17. The highest BCUT2D eigenvalue weighted by Crippen LogP contribution is 2.32. The Morgan fingerprint density at radius 2 is 1.45 bits per heavy atom. The molecule has 5 heteroatoms. The fourth-order valence-electron chi connectivity index (χ4n) is 3.81. The van der Waals surface area contributed by atoms with E-state index in [4.69, 9.17) is 0 Å². The molecule has 0 radical (unpaired) electrons. The lowest BCUT2D eigenvalue weighted by atomic mass is 10.0. The fraction of sp³-hybridized carbons (Fsp3) is 0.154. The van der Waals surface area contributed by atoms with Gasteiger partial charge in [0.25, 0.3) is 11.8 Å². The quantitative estimate of drug-likeness (QED) is 0.588. The Bertz CT molecular complexity index is 1190. The van der Waals surface area contributed by atoms with Crippen molar-refractivity contribution in [3.63, 3.8) is 0 Å². The minimum Gasteiger partial charge on any atom is -0.350 e. The summed E-state index contributed by atoms with van der Waals surface area (Å²) in [4.78, 5) is 27.8. The smallest absolute Gasteiger partial charge is 0.278 e. The summed E-state index contributed by atoms with van der Waals surface area (Å²) in [5.74, 6) is -1.36. The van der Waals surface area contributed by atoms with Crippen LogP contribution in [-0.2, 0) is 16.1 Å². The molecule has 1 aliphatic rings. The van der Waals surface area contributed by atoms with Crippen molar-refractivity contribution in [1.82, 2.24) is 4.90 Å². The topological polar surface area (TPSA) is 49.4 Å². The van der Waals surface area contributed by atoms with Gasteiger partial charge in [-0.15, -0.1) is 0 Å². The molecule has 31 heavy (non-hydrogen) atoms. The van der Waals surface area contributed by atoms with Crippen LogP contribution in [0, 0.1) is 26.6 Å². The van der Waals surface area contributed by atoms with Crippen LogP contribution in [0.1, 0.15) is 27.8 Å². The van der Waals surface area contributed by atoms with E-state index in [0.29, 0.717) is 16.7 Å². The maximum absolute atomic E-state index is 14.2. The second-order valence-corrected chi connectivity index (χ2v) is 7.91. The van der Waals surface area contributed by atoms with Crippen molar-refractivity contribution < 1.29 is 14.0 Å². The highest BCUT2D eigenvalue weighted by atomic mass is 19.1. The average Bonchev–Trinajstić information content (AvgIpc) is 2.94. The van der Waals surface area contributed by atoms with Gasteiger partial charge in [-0.25, -0.2) is 4.39 Å². The maximum atomic E-state index is 14.2. The molecule has 0 fully saturated rings. The second-order valence-electron chi connectivity index (χ2n) is 7.91. The third-order valence-corrected chi connectivity index (χ3v) is 5.29. The predicted octanol–water partition coefficient (Wildman–Crippen LogP) is 5.14. The third kappa shape index (κ3) is 4.12. The Kier molecular flexibility index (Phi) is 5.42. The van der Waals surface area contributed by atoms with E-state index in [1.807, 2.05) is 63.2 Å². The molecule has 156 valence electrons. The molecule has 1 heterocycles. The van der Waals surface area contributed by atoms with Gasteiger partial charge in [-0.2, -0.15) is 0 Å². The molecule has 1 aliphatic heterocycles. The van der Waals surface area contributed by atoms with Crippen LogP contribution in [0.4, 0.5) is 10.1 Å². The highest BCUT2D eigenvalue weighted by molar-refractivity contribution is 6.36. The van der Waals surface area contributed by atoms with Crippen LogP contribution < -0.4 is 5.32 Å². The molecule has 0 spiro atoms. The SMILES string of the molecule is Cc1ccc(C2=C(Nc3cc(C)cc(C)c3)C(=O)N(Cc3ccccc3F)C2=O)cc1. The molecule has 3 aromatic carbocycles. The van der Waals surface area contributed by atoms with E-state index < -0.39 is 17.6 Å². The minimum atomic E-state index is -0.469. The first-order valence-corrected chi connectivity index (χ1v) is 10.1. The normalized spacial score (nSPS) is 13.9. The fourth-order valence-corrected chi connectivity index (χ4v) is 3.81. The number of rotatable bonds is 5. The van der Waals surface area contributed by atoms with Gasteiger partial charge in [0.05, 0.1) is 12.1 Å². The van der Waals surface area contributed by atoms with E-state index in [0.717, 1.165) is 27.3 Å². The van der Waals surface area contributed by atoms with E-state index >= 15 is 0 Å². The van der Waals surface area contributed by atoms with Gasteiger partial charge in [0.2, 0.25) is 0 Å². The van der Waals surface area contributed by atoms with E-state index in [9.17, 15) is 14.0 Å². The van der Waals surface area contributed by atoms with Crippen LogP contribution in [0.15, 0.2) is 72.4 Å². The molecule has 0 bridgehead atoms. The third-order valence-electron chi connectivity index (χ3n) is 5.29. The zero-order valence-corrected chi connectivity index (χ0v) is 17.7. The molecule has 0 unspecified atom stereocenters. The molecule has 0 aromatic heterocycles. The summed E-state index contributed by atoms with van der Waals surface area (Å²) in [6.07, 6.45) is 0. The summed E-state index contributed by atoms with van der Waals surface area (Å²) in [5.41, 5.74) is 5.29.